The summed E-state index contributed by atoms with van der Waals surface area (Å²) < 4.78 is 5.09. The topological polar surface area (TPSA) is 64.3 Å². The number of amides is 1. The Bertz CT molecular complexity index is 210. The molecule has 3 N–H and O–H groups in total. The summed E-state index contributed by atoms with van der Waals surface area (Å²) in [5, 5.41) is 2.81. The van der Waals surface area contributed by atoms with Crippen molar-refractivity contribution in [3.63, 3.8) is 0 Å². The molecule has 1 aliphatic carbocycles. The fourth-order valence-corrected chi connectivity index (χ4v) is 1.03. The van der Waals surface area contributed by atoms with Gasteiger partial charge in [0, 0.05) is 6.04 Å². The average molecular weight is 232 g/mol. The van der Waals surface area contributed by atoms with Gasteiger partial charge in [-0.15, -0.1) is 0 Å². The zero-order valence-corrected chi connectivity index (χ0v) is 10.4. The van der Waals surface area contributed by atoms with Crippen LogP contribution in [0.15, 0.2) is 0 Å². The van der Waals surface area contributed by atoms with Crippen LogP contribution < -0.4 is 11.1 Å². The Morgan fingerprint density at radius 1 is 1.53 bits per heavy atom. The molecule has 0 aromatic carbocycles. The maximum Gasteiger partial charge on any atom is 0.407 e. The number of carbonyl (C=O) groups is 1. The van der Waals surface area contributed by atoms with Gasteiger partial charge in [0.1, 0.15) is 5.60 Å². The predicted molar refractivity (Wildman–Crippen MR) is 64.9 cm³/mol. The first kappa shape index (κ1) is 14.2. The van der Waals surface area contributed by atoms with Crippen LogP contribution in [0.25, 0.3) is 0 Å². The lowest BCUT2D eigenvalue weighted by Crippen LogP contribution is -2.42. The van der Waals surface area contributed by atoms with Gasteiger partial charge in [-0.25, -0.2) is 4.79 Å². The fraction of sp³-hybridized carbons (Fsp3) is 0.800. The van der Waals surface area contributed by atoms with Crippen molar-refractivity contribution < 1.29 is 9.53 Å². The van der Waals surface area contributed by atoms with Crippen molar-refractivity contribution in [2.24, 2.45) is 5.73 Å². The van der Waals surface area contributed by atoms with Gasteiger partial charge < -0.3 is 15.8 Å². The Morgan fingerprint density at radius 3 is 2.27 bits per heavy atom. The molecule has 0 bridgehead atoms. The lowest BCUT2D eigenvalue weighted by molar-refractivity contribution is 0.0480. The minimum Gasteiger partial charge on any atom is -0.444 e. The van der Waals surface area contributed by atoms with E-state index < -0.39 is 0 Å². The van der Waals surface area contributed by atoms with Crippen molar-refractivity contribution in [1.82, 2.24) is 5.32 Å². The van der Waals surface area contributed by atoms with Gasteiger partial charge in [-0.2, -0.15) is 0 Å². The smallest absolute Gasteiger partial charge is 0.407 e. The number of carbonyl (C=O) groups excluding carboxylic acids is 1. The maximum absolute atomic E-state index is 11.1. The number of hydrogen-bond donors (Lipinski definition) is 2. The molecule has 1 rings (SSSR count). The van der Waals surface area contributed by atoms with Gasteiger partial charge in [-0.3, -0.25) is 0 Å². The third-order valence-corrected chi connectivity index (χ3v) is 1.83. The third-order valence-electron chi connectivity index (χ3n) is 1.83. The third kappa shape index (κ3) is 8.17. The molecule has 0 heterocycles. The number of ether oxygens (including phenoxy) is 1. The molecular weight excluding hydrogens is 212 g/mol. The number of thiocarbonyl (C=S) groups is 1. The summed E-state index contributed by atoms with van der Waals surface area (Å²) in [7, 11) is 0. The van der Waals surface area contributed by atoms with Crippen molar-refractivity contribution in [2.75, 3.05) is 0 Å². The summed E-state index contributed by atoms with van der Waals surface area (Å²) in [5.41, 5.74) is 5.24. The molecule has 0 aromatic heterocycles. The average Bonchev–Trinajstić information content (AvgIpc) is 1.95. The molecule has 0 saturated heterocycles. The van der Waals surface area contributed by atoms with Crippen LogP contribution in [0.1, 0.15) is 40.0 Å². The normalized spacial score (nSPS) is 15.4. The second-order valence-corrected chi connectivity index (χ2v) is 4.68. The first-order chi connectivity index (χ1) is 6.89. The number of rotatable bonds is 1. The van der Waals surface area contributed by atoms with Crippen LogP contribution >= 0.6 is 12.2 Å². The van der Waals surface area contributed by atoms with Gasteiger partial charge in [0.2, 0.25) is 0 Å². The largest absolute Gasteiger partial charge is 0.444 e. The van der Waals surface area contributed by atoms with E-state index in [-0.39, 0.29) is 11.7 Å². The molecule has 15 heavy (non-hydrogen) atoms. The quantitative estimate of drug-likeness (QED) is 0.678. The van der Waals surface area contributed by atoms with Gasteiger partial charge in [0.05, 0.1) is 5.49 Å². The van der Waals surface area contributed by atoms with Gasteiger partial charge >= 0.3 is 6.09 Å². The molecule has 5 heteroatoms. The van der Waals surface area contributed by atoms with E-state index in [9.17, 15) is 4.79 Å². The summed E-state index contributed by atoms with van der Waals surface area (Å²) in [6, 6.07) is 0.361. The van der Waals surface area contributed by atoms with Crippen LogP contribution in [-0.2, 0) is 4.74 Å². The van der Waals surface area contributed by atoms with E-state index in [4.69, 9.17) is 4.74 Å². The Morgan fingerprint density at radius 2 is 2.00 bits per heavy atom. The number of nitrogens with two attached hydrogens (primary N) is 1. The highest BCUT2D eigenvalue weighted by Gasteiger charge is 2.22. The van der Waals surface area contributed by atoms with Gasteiger partial charge in [0.25, 0.3) is 0 Å². The van der Waals surface area contributed by atoms with Gasteiger partial charge in [-0.05, 0) is 40.0 Å². The minimum atomic E-state index is -0.381. The predicted octanol–water partition coefficient (Wildman–Crippen LogP) is 1.97. The van der Waals surface area contributed by atoms with E-state index in [1.165, 1.54) is 6.42 Å². The Balaban J connectivity index is 0.000000583. The number of hydrogen-bond acceptors (Lipinski definition) is 3. The van der Waals surface area contributed by atoms with Crippen LogP contribution in [0.3, 0.4) is 0 Å². The summed E-state index contributed by atoms with van der Waals surface area (Å²) in [6.45, 7) is 5.61. The molecule has 0 aromatic rings. The lowest BCUT2D eigenvalue weighted by atomic mass is 9.93. The standard InChI is InChI=1S/C9H17NO2.CH3NS/c1-9(2,3)12-8(11)10-7-5-4-6-7;2-1-3/h7H,4-6H2,1-3H3,(H,10,11);1H,(H2,2,3). The van der Waals surface area contributed by atoms with Crippen molar-refractivity contribution in [2.45, 2.75) is 51.7 Å². The van der Waals surface area contributed by atoms with Crippen LogP contribution in [0, 0.1) is 0 Å². The molecule has 0 atom stereocenters. The molecule has 1 saturated carbocycles. The van der Waals surface area contributed by atoms with Gasteiger partial charge in [0.15, 0.2) is 0 Å². The van der Waals surface area contributed by atoms with E-state index in [2.05, 4.69) is 23.3 Å². The first-order valence-electron chi connectivity index (χ1n) is 5.04. The van der Waals surface area contributed by atoms with Crippen LogP contribution in [0.5, 0.6) is 0 Å². The summed E-state index contributed by atoms with van der Waals surface area (Å²) in [4.78, 5) is 11.1. The Kier molecular flexibility index (Phi) is 6.24. The van der Waals surface area contributed by atoms with Crippen LogP contribution in [0.2, 0.25) is 0 Å². The van der Waals surface area contributed by atoms with E-state index in [0.29, 0.717) is 6.04 Å². The Hall–Kier alpha value is -0.840. The summed E-state index contributed by atoms with van der Waals surface area (Å²) in [6.07, 6.45) is 3.13. The van der Waals surface area contributed by atoms with Crippen LogP contribution in [-0.4, -0.2) is 23.2 Å². The second kappa shape index (κ2) is 6.61. The molecule has 0 unspecified atom stereocenters. The van der Waals surface area contributed by atoms with Crippen molar-refractivity contribution in [3.05, 3.63) is 0 Å². The highest BCUT2D eigenvalue weighted by atomic mass is 32.1. The summed E-state index contributed by atoms with van der Waals surface area (Å²) in [5.74, 6) is 0. The monoisotopic (exact) mass is 232 g/mol. The van der Waals surface area contributed by atoms with E-state index in [0.717, 1.165) is 18.3 Å². The lowest BCUT2D eigenvalue weighted by Gasteiger charge is -2.28. The van der Waals surface area contributed by atoms with Crippen molar-refractivity contribution in [1.29, 1.82) is 0 Å². The molecule has 1 amide bonds. The van der Waals surface area contributed by atoms with E-state index in [1.807, 2.05) is 20.8 Å². The highest BCUT2D eigenvalue weighted by molar-refractivity contribution is 7.78. The molecule has 4 nitrogen and oxygen atoms in total. The number of alkyl carbamates (subject to hydrolysis) is 1. The fourth-order valence-electron chi connectivity index (χ4n) is 1.03. The van der Waals surface area contributed by atoms with Crippen molar-refractivity contribution >= 4 is 23.8 Å². The molecular formula is C10H20N2O2S. The minimum absolute atomic E-state index is 0.285. The Labute approximate surface area is 96.5 Å². The zero-order valence-electron chi connectivity index (χ0n) is 9.58. The van der Waals surface area contributed by atoms with Crippen LogP contribution in [0.4, 0.5) is 4.79 Å². The summed E-state index contributed by atoms with van der Waals surface area (Å²) >= 11 is 4.05. The molecule has 1 aliphatic rings. The SMILES string of the molecule is CC(C)(C)OC(=O)NC1CCC1.NC=S. The molecule has 0 aliphatic heterocycles. The molecule has 88 valence electrons. The maximum atomic E-state index is 11.1. The van der Waals surface area contributed by atoms with E-state index >= 15 is 0 Å². The molecule has 0 radical (unpaired) electrons. The second-order valence-electron chi connectivity index (χ2n) is 4.41. The zero-order chi connectivity index (χ0) is 11.9. The van der Waals surface area contributed by atoms with Gasteiger partial charge in [-0.1, -0.05) is 12.2 Å². The first-order valence-corrected chi connectivity index (χ1v) is 5.51. The number of nitrogens with one attached hydrogen (secondary N) is 1. The van der Waals surface area contributed by atoms with E-state index in [1.54, 1.807) is 0 Å². The van der Waals surface area contributed by atoms with Crippen molar-refractivity contribution in [3.8, 4) is 0 Å². The molecule has 1 fully saturated rings. The molecule has 0 spiro atoms. The highest BCUT2D eigenvalue weighted by Crippen LogP contribution is 2.18.